The second-order valence-corrected chi connectivity index (χ2v) is 5.65. The average molecular weight is 367 g/mol. The van der Waals surface area contributed by atoms with Gasteiger partial charge in [-0.2, -0.15) is 18.3 Å². The maximum Gasteiger partial charge on any atom is 0.416 e. The van der Waals surface area contributed by atoms with Crippen LogP contribution in [0.5, 0.6) is 5.75 Å². The molecule has 0 aliphatic heterocycles. The van der Waals surface area contributed by atoms with Crippen molar-refractivity contribution in [2.24, 2.45) is 0 Å². The van der Waals surface area contributed by atoms with Gasteiger partial charge in [0.25, 0.3) is 0 Å². The molecule has 0 atom stereocenters. The molecule has 0 bridgehead atoms. The average Bonchev–Trinajstić information content (AvgIpc) is 2.82. The van der Waals surface area contributed by atoms with E-state index in [4.69, 9.17) is 27.9 Å². The van der Waals surface area contributed by atoms with Gasteiger partial charge in [0.15, 0.2) is 5.75 Å². The zero-order chi connectivity index (χ0) is 17.4. The first-order chi connectivity index (χ1) is 10.7. The summed E-state index contributed by atoms with van der Waals surface area (Å²) >= 11 is 12.1. The number of aryl methyl sites for hydroxylation is 1. The van der Waals surface area contributed by atoms with Gasteiger partial charge in [0.1, 0.15) is 11.4 Å². The molecule has 1 heterocycles. The van der Waals surface area contributed by atoms with Crippen LogP contribution in [0.4, 0.5) is 13.2 Å². The van der Waals surface area contributed by atoms with Crippen molar-refractivity contribution < 1.29 is 17.9 Å². The van der Waals surface area contributed by atoms with E-state index in [0.717, 1.165) is 12.1 Å². The second-order valence-electron chi connectivity index (χ2n) is 4.83. The first-order valence-electron chi connectivity index (χ1n) is 6.95. The highest BCUT2D eigenvalue weighted by Gasteiger charge is 2.32. The van der Waals surface area contributed by atoms with Gasteiger partial charge in [0, 0.05) is 0 Å². The van der Waals surface area contributed by atoms with Crippen LogP contribution in [-0.4, -0.2) is 16.9 Å². The molecule has 1 aromatic heterocycles. The third kappa shape index (κ3) is 3.28. The lowest BCUT2D eigenvalue weighted by atomic mass is 10.2. The Hall–Kier alpha value is -1.40. The van der Waals surface area contributed by atoms with Crippen LogP contribution in [0.1, 0.15) is 30.8 Å². The van der Waals surface area contributed by atoms with Crippen molar-refractivity contribution in [3.8, 4) is 11.4 Å². The highest BCUT2D eigenvalue weighted by Crippen LogP contribution is 2.39. The lowest BCUT2D eigenvalue weighted by molar-refractivity contribution is -0.137. The van der Waals surface area contributed by atoms with E-state index < -0.39 is 11.7 Å². The summed E-state index contributed by atoms with van der Waals surface area (Å²) in [5.74, 6) is 0.599. The quantitative estimate of drug-likeness (QED) is 0.730. The van der Waals surface area contributed by atoms with Gasteiger partial charge in [-0.1, -0.05) is 37.0 Å². The molecular weight excluding hydrogens is 352 g/mol. The minimum atomic E-state index is -4.52. The molecule has 0 unspecified atom stereocenters. The van der Waals surface area contributed by atoms with Gasteiger partial charge >= 0.3 is 6.18 Å². The molecule has 0 N–H and O–H groups in total. The summed E-state index contributed by atoms with van der Waals surface area (Å²) in [6.45, 7) is 3.80. The molecule has 3 nitrogen and oxygen atoms in total. The number of halogens is 5. The van der Waals surface area contributed by atoms with E-state index in [-0.39, 0.29) is 15.7 Å². The van der Waals surface area contributed by atoms with E-state index >= 15 is 0 Å². The minimum absolute atomic E-state index is 0.118. The Labute approximate surface area is 142 Å². The maximum atomic E-state index is 12.8. The Morgan fingerprint density at radius 1 is 1.13 bits per heavy atom. The van der Waals surface area contributed by atoms with Crippen LogP contribution in [0.25, 0.3) is 5.69 Å². The Kier molecular flexibility index (Phi) is 5.16. The van der Waals surface area contributed by atoms with E-state index in [0.29, 0.717) is 30.0 Å². The zero-order valence-corrected chi connectivity index (χ0v) is 14.3. The predicted molar refractivity (Wildman–Crippen MR) is 83.9 cm³/mol. The number of alkyl halides is 3. The molecule has 0 aliphatic rings. The van der Waals surface area contributed by atoms with E-state index in [2.05, 4.69) is 5.10 Å². The Morgan fingerprint density at radius 2 is 1.70 bits per heavy atom. The fraction of sp³-hybridized carbons (Fsp3) is 0.400. The normalized spacial score (nSPS) is 11.8. The highest BCUT2D eigenvalue weighted by atomic mass is 35.5. The Balaban J connectivity index is 2.70. The summed E-state index contributed by atoms with van der Waals surface area (Å²) < 4.78 is 45.4. The third-order valence-electron chi connectivity index (χ3n) is 3.43. The molecule has 0 amide bonds. The minimum Gasteiger partial charge on any atom is -0.493 e. The monoisotopic (exact) mass is 366 g/mol. The van der Waals surface area contributed by atoms with Crippen molar-refractivity contribution in [1.82, 2.24) is 9.78 Å². The first kappa shape index (κ1) is 17.9. The van der Waals surface area contributed by atoms with Crippen LogP contribution in [0.3, 0.4) is 0 Å². The molecular formula is C15H15Cl2F3N2O. The van der Waals surface area contributed by atoms with E-state index in [1.807, 2.05) is 13.8 Å². The van der Waals surface area contributed by atoms with Gasteiger partial charge in [-0.05, 0) is 25.0 Å². The molecule has 0 aliphatic carbocycles. The van der Waals surface area contributed by atoms with Gasteiger partial charge < -0.3 is 4.74 Å². The van der Waals surface area contributed by atoms with Crippen LogP contribution in [-0.2, 0) is 19.0 Å². The molecule has 0 saturated carbocycles. The molecule has 0 fully saturated rings. The first-order valence-corrected chi connectivity index (χ1v) is 7.71. The molecule has 8 heteroatoms. The summed E-state index contributed by atoms with van der Waals surface area (Å²) in [4.78, 5) is 0. The van der Waals surface area contributed by atoms with E-state index in [9.17, 15) is 13.2 Å². The second kappa shape index (κ2) is 6.61. The lowest BCUT2D eigenvalue weighted by Crippen LogP contribution is -2.08. The molecule has 126 valence electrons. The van der Waals surface area contributed by atoms with Crippen LogP contribution in [0.2, 0.25) is 10.0 Å². The van der Waals surface area contributed by atoms with Gasteiger partial charge in [-0.3, -0.25) is 0 Å². The number of nitrogens with zero attached hydrogens (tertiary/aromatic N) is 2. The predicted octanol–water partition coefficient (Wildman–Crippen LogP) is 5.33. The van der Waals surface area contributed by atoms with Crippen LogP contribution < -0.4 is 4.74 Å². The molecule has 23 heavy (non-hydrogen) atoms. The van der Waals surface area contributed by atoms with Crippen LogP contribution in [0, 0.1) is 0 Å². The molecule has 0 saturated heterocycles. The number of hydrogen-bond acceptors (Lipinski definition) is 2. The van der Waals surface area contributed by atoms with E-state index in [1.165, 1.54) is 11.8 Å². The van der Waals surface area contributed by atoms with Gasteiger partial charge in [0.2, 0.25) is 0 Å². The summed E-state index contributed by atoms with van der Waals surface area (Å²) in [5, 5.41) is 4.16. The molecule has 1 aromatic carbocycles. The van der Waals surface area contributed by atoms with Crippen LogP contribution >= 0.6 is 23.2 Å². The van der Waals surface area contributed by atoms with Crippen molar-refractivity contribution in [3.63, 3.8) is 0 Å². The zero-order valence-electron chi connectivity index (χ0n) is 12.8. The van der Waals surface area contributed by atoms with Gasteiger partial charge in [-0.15, -0.1) is 0 Å². The lowest BCUT2D eigenvalue weighted by Gasteiger charge is -2.14. The molecule has 0 spiro atoms. The summed E-state index contributed by atoms with van der Waals surface area (Å²) in [6, 6.07) is 1.70. The van der Waals surface area contributed by atoms with Crippen molar-refractivity contribution in [1.29, 1.82) is 0 Å². The number of hydrogen-bond donors (Lipinski definition) is 0. The summed E-state index contributed by atoms with van der Waals surface area (Å²) in [7, 11) is 1.52. The summed E-state index contributed by atoms with van der Waals surface area (Å²) in [5.41, 5.74) is 0.713. The Morgan fingerprint density at radius 3 is 2.09 bits per heavy atom. The van der Waals surface area contributed by atoms with Crippen LogP contribution in [0.15, 0.2) is 12.1 Å². The number of ether oxygens (including phenoxy) is 1. The molecule has 0 radical (unpaired) electrons. The topological polar surface area (TPSA) is 27.1 Å². The van der Waals surface area contributed by atoms with Crippen molar-refractivity contribution in [3.05, 3.63) is 39.1 Å². The third-order valence-corrected chi connectivity index (χ3v) is 4.01. The van der Waals surface area contributed by atoms with E-state index in [1.54, 1.807) is 0 Å². The fourth-order valence-electron chi connectivity index (χ4n) is 2.38. The number of rotatable bonds is 4. The largest absolute Gasteiger partial charge is 0.493 e. The van der Waals surface area contributed by atoms with Crippen molar-refractivity contribution in [2.45, 2.75) is 32.9 Å². The maximum absolute atomic E-state index is 12.8. The number of aromatic nitrogens is 2. The SMILES string of the molecule is CCc1nn(-c2c(Cl)cc(C(F)(F)F)cc2Cl)c(CC)c1OC. The molecule has 2 aromatic rings. The smallest absolute Gasteiger partial charge is 0.416 e. The van der Waals surface area contributed by atoms with Crippen molar-refractivity contribution >= 4 is 23.2 Å². The highest BCUT2D eigenvalue weighted by molar-refractivity contribution is 6.37. The van der Waals surface area contributed by atoms with Gasteiger partial charge in [0.05, 0.1) is 28.4 Å². The number of benzene rings is 1. The Bertz CT molecular complexity index is 703. The van der Waals surface area contributed by atoms with Gasteiger partial charge in [-0.25, -0.2) is 4.68 Å². The molecule has 2 rings (SSSR count). The van der Waals surface area contributed by atoms with Crippen molar-refractivity contribution in [2.75, 3.05) is 7.11 Å². The number of methoxy groups -OCH3 is 1. The standard InChI is InChI=1S/C15H15Cl2F3N2O/c1-4-11-14(23-3)12(5-2)22(21-11)13-9(16)6-8(7-10(13)17)15(18,19)20/h6-7H,4-5H2,1-3H3. The fourth-order valence-corrected chi connectivity index (χ4v) is 3.03. The summed E-state index contributed by atoms with van der Waals surface area (Å²) in [6.07, 6.45) is -3.35.